The van der Waals surface area contributed by atoms with E-state index < -0.39 is 0 Å². The van der Waals surface area contributed by atoms with Crippen LogP contribution in [0.4, 0.5) is 0 Å². The van der Waals surface area contributed by atoms with E-state index in [0.29, 0.717) is 41.4 Å². The molecule has 1 aliphatic rings. The Kier molecular flexibility index (Phi) is 8.51. The third-order valence-electron chi connectivity index (χ3n) is 5.92. The molecule has 1 aromatic carbocycles. The third-order valence-corrected chi connectivity index (χ3v) is 6.90. The van der Waals surface area contributed by atoms with Crippen LogP contribution in [0.1, 0.15) is 58.3 Å². The molecule has 1 aliphatic carbocycles. The van der Waals surface area contributed by atoms with Gasteiger partial charge in [-0.2, -0.15) is 0 Å². The Morgan fingerprint density at radius 2 is 1.97 bits per heavy atom. The second-order valence-corrected chi connectivity index (χ2v) is 9.31. The Bertz CT molecular complexity index is 975. The molecule has 0 aliphatic heterocycles. The molecule has 3 rings (SSSR count). The average molecular weight is 445 g/mol. The van der Waals surface area contributed by atoms with Crippen molar-refractivity contribution in [2.75, 3.05) is 5.75 Å². The van der Waals surface area contributed by atoms with Crippen molar-refractivity contribution in [3.8, 4) is 0 Å². The topological polar surface area (TPSA) is 107 Å². The van der Waals surface area contributed by atoms with Gasteiger partial charge >= 0.3 is 0 Å². The fourth-order valence-electron chi connectivity index (χ4n) is 4.11. The molecule has 1 aromatic heterocycles. The Balaban J connectivity index is 1.69. The number of fused-ring (bicyclic) bond motifs is 1. The molecule has 3 N–H and O–H groups in total. The van der Waals surface area contributed by atoms with Gasteiger partial charge in [-0.15, -0.1) is 0 Å². The van der Waals surface area contributed by atoms with Crippen molar-refractivity contribution in [1.82, 2.24) is 14.9 Å². The molecule has 1 heterocycles. The van der Waals surface area contributed by atoms with Crippen LogP contribution in [0.3, 0.4) is 0 Å². The van der Waals surface area contributed by atoms with Crippen LogP contribution < -0.4 is 16.6 Å². The van der Waals surface area contributed by atoms with Gasteiger partial charge in [-0.1, -0.05) is 50.1 Å². The summed E-state index contributed by atoms with van der Waals surface area (Å²) in [7, 11) is 0. The second-order valence-electron chi connectivity index (χ2n) is 8.37. The van der Waals surface area contributed by atoms with Gasteiger partial charge in [-0.25, -0.2) is 4.98 Å². The molecule has 2 aromatic rings. The summed E-state index contributed by atoms with van der Waals surface area (Å²) in [5.41, 5.74) is 5.74. The highest BCUT2D eigenvalue weighted by atomic mass is 32.2. The highest BCUT2D eigenvalue weighted by Gasteiger charge is 2.23. The number of para-hydroxylation sites is 1. The van der Waals surface area contributed by atoms with Gasteiger partial charge in [-0.05, 0) is 43.7 Å². The van der Waals surface area contributed by atoms with E-state index in [2.05, 4.69) is 17.2 Å². The van der Waals surface area contributed by atoms with Gasteiger partial charge in [0.25, 0.3) is 5.56 Å². The van der Waals surface area contributed by atoms with Crippen LogP contribution in [0.15, 0.2) is 34.2 Å². The standard InChI is InChI=1S/C23H32N4O3S/c1-16-9-4-6-11-18(16)25-21(29)15-31-23-26-19-12-7-5-10-17(19)22(30)27(23)14-8-2-3-13-20(24)28/h5,7,10,12,16,18H,2-4,6,8-9,11,13-15H2,1H3,(H2,24,28)(H,25,29). The molecular formula is C23H32N4O3S. The largest absolute Gasteiger partial charge is 0.370 e. The Labute approximate surface area is 187 Å². The van der Waals surface area contributed by atoms with Gasteiger partial charge in [0.15, 0.2) is 5.16 Å². The van der Waals surface area contributed by atoms with E-state index in [1.807, 2.05) is 18.2 Å². The summed E-state index contributed by atoms with van der Waals surface area (Å²) in [6.45, 7) is 2.69. The summed E-state index contributed by atoms with van der Waals surface area (Å²) in [6, 6.07) is 7.52. The zero-order chi connectivity index (χ0) is 22.2. The van der Waals surface area contributed by atoms with E-state index in [1.165, 1.54) is 18.2 Å². The monoisotopic (exact) mass is 444 g/mol. The number of aromatic nitrogens is 2. The number of rotatable bonds is 10. The summed E-state index contributed by atoms with van der Waals surface area (Å²) in [5, 5.41) is 4.30. The molecular weight excluding hydrogens is 412 g/mol. The summed E-state index contributed by atoms with van der Waals surface area (Å²) in [5.74, 6) is 0.411. The van der Waals surface area contributed by atoms with Crippen molar-refractivity contribution in [3.05, 3.63) is 34.6 Å². The van der Waals surface area contributed by atoms with Crippen molar-refractivity contribution in [3.63, 3.8) is 0 Å². The smallest absolute Gasteiger partial charge is 0.262 e. The van der Waals surface area contributed by atoms with Gasteiger partial charge in [0.1, 0.15) is 0 Å². The molecule has 168 valence electrons. The first-order chi connectivity index (χ1) is 15.0. The van der Waals surface area contributed by atoms with Crippen LogP contribution in [0.5, 0.6) is 0 Å². The number of hydrogen-bond donors (Lipinski definition) is 2. The lowest BCUT2D eigenvalue weighted by atomic mass is 9.86. The quantitative estimate of drug-likeness (QED) is 0.332. The van der Waals surface area contributed by atoms with E-state index in [-0.39, 0.29) is 29.2 Å². The zero-order valence-corrected chi connectivity index (χ0v) is 19.0. The number of benzene rings is 1. The summed E-state index contributed by atoms with van der Waals surface area (Å²) >= 11 is 1.31. The minimum atomic E-state index is -0.306. The maximum absolute atomic E-state index is 13.1. The summed E-state index contributed by atoms with van der Waals surface area (Å²) in [4.78, 5) is 41.2. The van der Waals surface area contributed by atoms with Crippen LogP contribution in [0, 0.1) is 5.92 Å². The minimum absolute atomic E-state index is 0.0147. The molecule has 2 unspecified atom stereocenters. The summed E-state index contributed by atoms with van der Waals surface area (Å²) in [6.07, 6.45) is 7.17. The lowest BCUT2D eigenvalue weighted by Crippen LogP contribution is -2.42. The first kappa shape index (κ1) is 23.3. The number of amides is 2. The van der Waals surface area contributed by atoms with Gasteiger partial charge in [0.2, 0.25) is 11.8 Å². The number of hydrogen-bond acceptors (Lipinski definition) is 5. The van der Waals surface area contributed by atoms with Crippen LogP contribution in [0.25, 0.3) is 10.9 Å². The molecule has 0 bridgehead atoms. The average Bonchev–Trinajstić information content (AvgIpc) is 2.75. The molecule has 31 heavy (non-hydrogen) atoms. The lowest BCUT2D eigenvalue weighted by molar-refractivity contribution is -0.120. The van der Waals surface area contributed by atoms with Crippen LogP contribution >= 0.6 is 11.8 Å². The first-order valence-corrected chi connectivity index (χ1v) is 12.1. The number of nitrogens with zero attached hydrogens (tertiary/aromatic N) is 2. The molecule has 0 radical (unpaired) electrons. The zero-order valence-electron chi connectivity index (χ0n) is 18.1. The molecule has 2 atom stereocenters. The number of thioether (sulfide) groups is 1. The SMILES string of the molecule is CC1CCCCC1NC(=O)CSc1nc2ccccc2c(=O)n1CCCCCC(N)=O. The van der Waals surface area contributed by atoms with Crippen LogP contribution in [-0.4, -0.2) is 33.2 Å². The Morgan fingerprint density at radius 1 is 1.19 bits per heavy atom. The van der Waals surface area contributed by atoms with Crippen molar-refractivity contribution in [1.29, 1.82) is 0 Å². The van der Waals surface area contributed by atoms with Crippen molar-refractivity contribution >= 4 is 34.5 Å². The lowest BCUT2D eigenvalue weighted by Gasteiger charge is -2.29. The molecule has 1 saturated carbocycles. The first-order valence-electron chi connectivity index (χ1n) is 11.2. The highest BCUT2D eigenvalue weighted by molar-refractivity contribution is 7.99. The van der Waals surface area contributed by atoms with Gasteiger partial charge in [0, 0.05) is 19.0 Å². The van der Waals surface area contributed by atoms with Crippen LogP contribution in [-0.2, 0) is 16.1 Å². The predicted octanol–water partition coefficient (Wildman–Crippen LogP) is 3.23. The summed E-state index contributed by atoms with van der Waals surface area (Å²) < 4.78 is 1.66. The Hall–Kier alpha value is -2.35. The number of unbranched alkanes of at least 4 members (excludes halogenated alkanes) is 2. The fourth-order valence-corrected chi connectivity index (χ4v) is 4.95. The van der Waals surface area contributed by atoms with Gasteiger partial charge in [0.05, 0.1) is 16.7 Å². The van der Waals surface area contributed by atoms with Crippen LogP contribution in [0.2, 0.25) is 0 Å². The predicted molar refractivity (Wildman–Crippen MR) is 124 cm³/mol. The maximum Gasteiger partial charge on any atom is 0.262 e. The van der Waals surface area contributed by atoms with Gasteiger partial charge in [-0.3, -0.25) is 19.0 Å². The normalized spacial score (nSPS) is 18.7. The molecule has 8 heteroatoms. The number of nitrogens with one attached hydrogen (secondary N) is 1. The van der Waals surface area contributed by atoms with Gasteiger partial charge < -0.3 is 11.1 Å². The van der Waals surface area contributed by atoms with Crippen molar-refractivity contribution in [2.24, 2.45) is 11.7 Å². The molecule has 1 fully saturated rings. The fraction of sp³-hybridized carbons (Fsp3) is 0.565. The van der Waals surface area contributed by atoms with Crippen molar-refractivity contribution < 1.29 is 9.59 Å². The van der Waals surface area contributed by atoms with E-state index in [0.717, 1.165) is 32.1 Å². The minimum Gasteiger partial charge on any atom is -0.370 e. The number of nitrogens with two attached hydrogens (primary N) is 1. The number of primary amides is 1. The van der Waals surface area contributed by atoms with E-state index in [9.17, 15) is 14.4 Å². The Morgan fingerprint density at radius 3 is 2.74 bits per heavy atom. The number of carbonyl (C=O) groups is 2. The number of carbonyl (C=O) groups excluding carboxylic acids is 2. The third kappa shape index (κ3) is 6.56. The molecule has 0 saturated heterocycles. The molecule has 7 nitrogen and oxygen atoms in total. The van der Waals surface area contributed by atoms with Crippen molar-refractivity contribution in [2.45, 2.75) is 76.0 Å². The molecule has 2 amide bonds. The van der Waals surface area contributed by atoms with E-state index in [1.54, 1.807) is 10.6 Å². The van der Waals surface area contributed by atoms with E-state index in [4.69, 9.17) is 5.73 Å². The second kappa shape index (κ2) is 11.3. The molecule has 0 spiro atoms. The maximum atomic E-state index is 13.1. The van der Waals surface area contributed by atoms with E-state index >= 15 is 0 Å². The highest BCUT2D eigenvalue weighted by Crippen LogP contribution is 2.24.